The van der Waals surface area contributed by atoms with Gasteiger partial charge in [-0.3, -0.25) is 14.6 Å². The summed E-state index contributed by atoms with van der Waals surface area (Å²) in [5.74, 6) is -0.317. The molecule has 0 unspecified atom stereocenters. The fourth-order valence-corrected chi connectivity index (χ4v) is 3.43. The van der Waals surface area contributed by atoms with Crippen LogP contribution in [0.1, 0.15) is 25.8 Å². The zero-order valence-electron chi connectivity index (χ0n) is 13.1. The van der Waals surface area contributed by atoms with Gasteiger partial charge in [-0.2, -0.15) is 0 Å². The molecule has 0 saturated carbocycles. The first-order chi connectivity index (χ1) is 10.6. The molecule has 1 aromatic carbocycles. The van der Waals surface area contributed by atoms with Crippen LogP contribution in [0.4, 0.5) is 5.69 Å². The molecule has 1 fully saturated rings. The lowest BCUT2D eigenvalue weighted by Gasteiger charge is -2.16. The van der Waals surface area contributed by atoms with Crippen molar-refractivity contribution in [2.24, 2.45) is 4.99 Å². The SMILES string of the molecule is CCN=C(NCC)S[C@H]1CC(=O)N(c2cccc(C)c2)C1=O. The number of hydrogen-bond donors (Lipinski definition) is 1. The molecule has 1 N–H and O–H groups in total. The monoisotopic (exact) mass is 319 g/mol. The predicted molar refractivity (Wildman–Crippen MR) is 91.3 cm³/mol. The Bertz CT molecular complexity index is 601. The third-order valence-corrected chi connectivity index (χ3v) is 4.40. The summed E-state index contributed by atoms with van der Waals surface area (Å²) in [7, 11) is 0. The van der Waals surface area contributed by atoms with Crippen LogP contribution < -0.4 is 10.2 Å². The van der Waals surface area contributed by atoms with Gasteiger partial charge in [-0.1, -0.05) is 23.9 Å². The van der Waals surface area contributed by atoms with E-state index in [-0.39, 0.29) is 18.2 Å². The minimum absolute atomic E-state index is 0.152. The van der Waals surface area contributed by atoms with Crippen molar-refractivity contribution >= 4 is 34.4 Å². The summed E-state index contributed by atoms with van der Waals surface area (Å²) >= 11 is 1.34. The first kappa shape index (κ1) is 16.5. The lowest BCUT2D eigenvalue weighted by atomic mass is 10.2. The summed E-state index contributed by atoms with van der Waals surface area (Å²) in [6, 6.07) is 7.45. The van der Waals surface area contributed by atoms with Crippen LogP contribution in [0.25, 0.3) is 0 Å². The Balaban J connectivity index is 2.16. The number of nitrogens with one attached hydrogen (secondary N) is 1. The minimum atomic E-state index is -0.405. The van der Waals surface area contributed by atoms with Gasteiger partial charge in [0.1, 0.15) is 5.25 Å². The van der Waals surface area contributed by atoms with Gasteiger partial charge < -0.3 is 5.32 Å². The van der Waals surface area contributed by atoms with Gasteiger partial charge in [-0.15, -0.1) is 0 Å². The normalized spacial score (nSPS) is 19.0. The number of rotatable bonds is 4. The van der Waals surface area contributed by atoms with Crippen molar-refractivity contribution < 1.29 is 9.59 Å². The number of carbonyl (C=O) groups is 2. The third-order valence-electron chi connectivity index (χ3n) is 3.25. The standard InChI is InChI=1S/C16H21N3O2S/c1-4-17-16(18-5-2)22-13-10-14(20)19(15(13)21)12-8-6-7-11(3)9-12/h6-9,13H,4-5,10H2,1-3H3,(H,17,18)/t13-/m0/s1. The summed E-state index contributed by atoms with van der Waals surface area (Å²) in [5.41, 5.74) is 1.67. The van der Waals surface area contributed by atoms with Crippen LogP contribution in [0, 0.1) is 6.92 Å². The molecule has 1 aliphatic rings. The number of anilines is 1. The number of carbonyl (C=O) groups excluding carboxylic acids is 2. The maximum atomic E-state index is 12.6. The maximum Gasteiger partial charge on any atom is 0.247 e. The Kier molecular flexibility index (Phi) is 5.60. The second-order valence-electron chi connectivity index (χ2n) is 5.03. The second-order valence-corrected chi connectivity index (χ2v) is 6.22. The second kappa shape index (κ2) is 7.45. The Hall–Kier alpha value is -1.82. The minimum Gasteiger partial charge on any atom is -0.365 e. The van der Waals surface area contributed by atoms with Gasteiger partial charge in [0, 0.05) is 19.5 Å². The van der Waals surface area contributed by atoms with E-state index in [2.05, 4.69) is 10.3 Å². The molecule has 1 aliphatic heterocycles. The van der Waals surface area contributed by atoms with Crippen molar-refractivity contribution in [1.82, 2.24) is 5.32 Å². The van der Waals surface area contributed by atoms with Gasteiger partial charge in [0.25, 0.3) is 0 Å². The van der Waals surface area contributed by atoms with Crippen LogP contribution in [0.3, 0.4) is 0 Å². The summed E-state index contributed by atoms with van der Waals surface area (Å²) in [6.45, 7) is 7.25. The first-order valence-electron chi connectivity index (χ1n) is 7.45. The van der Waals surface area contributed by atoms with E-state index in [0.29, 0.717) is 12.2 Å². The maximum absolute atomic E-state index is 12.6. The molecule has 2 amide bonds. The molecule has 22 heavy (non-hydrogen) atoms. The van der Waals surface area contributed by atoms with Crippen molar-refractivity contribution in [3.63, 3.8) is 0 Å². The molecule has 2 rings (SSSR count). The number of aryl methyl sites for hydroxylation is 1. The topological polar surface area (TPSA) is 61.8 Å². The van der Waals surface area contributed by atoms with E-state index in [9.17, 15) is 9.59 Å². The Morgan fingerprint density at radius 2 is 2.18 bits per heavy atom. The molecule has 0 aromatic heterocycles. The number of thioether (sulfide) groups is 1. The molecule has 6 heteroatoms. The first-order valence-corrected chi connectivity index (χ1v) is 8.33. The highest BCUT2D eigenvalue weighted by Crippen LogP contribution is 2.30. The van der Waals surface area contributed by atoms with Crippen molar-refractivity contribution in [2.75, 3.05) is 18.0 Å². The van der Waals surface area contributed by atoms with Crippen molar-refractivity contribution in [2.45, 2.75) is 32.4 Å². The van der Waals surface area contributed by atoms with E-state index < -0.39 is 5.25 Å². The van der Waals surface area contributed by atoms with Crippen molar-refractivity contribution in [1.29, 1.82) is 0 Å². The van der Waals surface area contributed by atoms with Gasteiger partial charge >= 0.3 is 0 Å². The number of imide groups is 1. The molecule has 0 aliphatic carbocycles. The van der Waals surface area contributed by atoms with E-state index in [1.807, 2.05) is 39.0 Å². The van der Waals surface area contributed by atoms with Crippen molar-refractivity contribution in [3.8, 4) is 0 Å². The number of amidine groups is 1. The summed E-state index contributed by atoms with van der Waals surface area (Å²) in [5, 5.41) is 3.46. The molecule has 0 radical (unpaired) electrons. The average molecular weight is 319 g/mol. The molecule has 0 spiro atoms. The average Bonchev–Trinajstić information content (AvgIpc) is 2.74. The molecule has 5 nitrogen and oxygen atoms in total. The molecule has 118 valence electrons. The zero-order chi connectivity index (χ0) is 16.1. The largest absolute Gasteiger partial charge is 0.365 e. The molecule has 0 bridgehead atoms. The van der Waals surface area contributed by atoms with Gasteiger partial charge in [0.05, 0.1) is 5.69 Å². The molecular weight excluding hydrogens is 298 g/mol. The lowest BCUT2D eigenvalue weighted by molar-refractivity contribution is -0.121. The number of aliphatic imine (C=N–C) groups is 1. The third kappa shape index (κ3) is 3.68. The summed E-state index contributed by atoms with van der Waals surface area (Å²) in [4.78, 5) is 30.4. The zero-order valence-corrected chi connectivity index (χ0v) is 13.9. The highest BCUT2D eigenvalue weighted by atomic mass is 32.2. The highest BCUT2D eigenvalue weighted by molar-refractivity contribution is 8.15. The molecule has 1 atom stereocenters. The van der Waals surface area contributed by atoms with Gasteiger partial charge in [-0.25, -0.2) is 4.90 Å². The number of benzene rings is 1. The van der Waals surface area contributed by atoms with Gasteiger partial charge in [-0.05, 0) is 38.5 Å². The van der Waals surface area contributed by atoms with E-state index >= 15 is 0 Å². The van der Waals surface area contributed by atoms with E-state index in [4.69, 9.17) is 0 Å². The van der Waals surface area contributed by atoms with Crippen LogP contribution in [0.15, 0.2) is 29.3 Å². The van der Waals surface area contributed by atoms with E-state index in [1.165, 1.54) is 16.7 Å². The van der Waals surface area contributed by atoms with E-state index in [0.717, 1.165) is 17.3 Å². The van der Waals surface area contributed by atoms with Crippen LogP contribution in [-0.2, 0) is 9.59 Å². The van der Waals surface area contributed by atoms with Gasteiger partial charge in [0.15, 0.2) is 5.17 Å². The quantitative estimate of drug-likeness (QED) is 0.526. The van der Waals surface area contributed by atoms with Crippen LogP contribution >= 0.6 is 11.8 Å². The predicted octanol–water partition coefficient (Wildman–Crippen LogP) is 2.35. The lowest BCUT2D eigenvalue weighted by Crippen LogP contribution is -2.32. The fraction of sp³-hybridized carbons (Fsp3) is 0.438. The highest BCUT2D eigenvalue weighted by Gasteiger charge is 2.40. The number of amides is 2. The van der Waals surface area contributed by atoms with E-state index in [1.54, 1.807) is 6.07 Å². The smallest absolute Gasteiger partial charge is 0.247 e. The molecule has 1 saturated heterocycles. The fourth-order valence-electron chi connectivity index (χ4n) is 2.30. The molecular formula is C16H21N3O2S. The number of hydrogen-bond acceptors (Lipinski definition) is 4. The molecule has 1 heterocycles. The van der Waals surface area contributed by atoms with Crippen molar-refractivity contribution in [3.05, 3.63) is 29.8 Å². The number of nitrogens with zero attached hydrogens (tertiary/aromatic N) is 2. The Labute approximate surface area is 135 Å². The summed E-state index contributed by atoms with van der Waals surface area (Å²) < 4.78 is 0. The summed E-state index contributed by atoms with van der Waals surface area (Å²) in [6.07, 6.45) is 0.214. The van der Waals surface area contributed by atoms with Crippen LogP contribution in [0.2, 0.25) is 0 Å². The van der Waals surface area contributed by atoms with Gasteiger partial charge in [0.2, 0.25) is 11.8 Å². The Morgan fingerprint density at radius 3 is 2.82 bits per heavy atom. The molecule has 1 aromatic rings. The Morgan fingerprint density at radius 1 is 1.41 bits per heavy atom. The van der Waals surface area contributed by atoms with Crippen LogP contribution in [-0.4, -0.2) is 35.3 Å². The van der Waals surface area contributed by atoms with Crippen LogP contribution in [0.5, 0.6) is 0 Å².